The van der Waals surface area contributed by atoms with Crippen LogP contribution >= 0.6 is 28.3 Å². The lowest BCUT2D eigenvalue weighted by Crippen LogP contribution is -2.35. The van der Waals surface area contributed by atoms with E-state index in [0.29, 0.717) is 10.4 Å². The molecule has 5 heteroatoms. The van der Waals surface area contributed by atoms with E-state index >= 15 is 0 Å². The van der Waals surface area contributed by atoms with Gasteiger partial charge in [-0.3, -0.25) is 4.90 Å². The summed E-state index contributed by atoms with van der Waals surface area (Å²) in [5.41, 5.74) is 6.70. The van der Waals surface area contributed by atoms with Crippen molar-refractivity contribution in [1.82, 2.24) is 4.90 Å². The van der Waals surface area contributed by atoms with E-state index in [4.69, 9.17) is 5.73 Å². The van der Waals surface area contributed by atoms with Crippen molar-refractivity contribution < 1.29 is 4.39 Å². The molecule has 1 heterocycles. The van der Waals surface area contributed by atoms with Gasteiger partial charge >= 0.3 is 0 Å². The van der Waals surface area contributed by atoms with E-state index in [9.17, 15) is 4.39 Å². The first-order valence-corrected chi connectivity index (χ1v) is 6.84. The number of nitrogens with two attached hydrogens (primary N) is 1. The fraction of sp³-hybridized carbons (Fsp3) is 0.538. The quantitative estimate of drug-likeness (QED) is 0.918. The monoisotopic (exact) mass is 336 g/mol. The molecule has 2 nitrogen and oxygen atoms in total. The Labute approximate surface area is 122 Å². The Morgan fingerprint density at radius 2 is 2.00 bits per heavy atom. The summed E-state index contributed by atoms with van der Waals surface area (Å²) < 4.78 is 13.9. The third-order valence-corrected chi connectivity index (χ3v) is 4.07. The number of halogens is 3. The lowest BCUT2D eigenvalue weighted by atomic mass is 9.97. The highest BCUT2D eigenvalue weighted by atomic mass is 79.9. The normalized spacial score (nSPS) is 17.5. The third-order valence-electron chi connectivity index (χ3n) is 3.43. The molecule has 0 atom stereocenters. The first kappa shape index (κ1) is 15.9. The van der Waals surface area contributed by atoms with Crippen LogP contribution in [0.5, 0.6) is 0 Å². The molecule has 1 aliphatic heterocycles. The minimum atomic E-state index is -0.181. The summed E-state index contributed by atoms with van der Waals surface area (Å²) in [4.78, 5) is 2.37. The van der Waals surface area contributed by atoms with E-state index in [0.717, 1.165) is 44.6 Å². The fourth-order valence-electron chi connectivity index (χ4n) is 2.28. The highest BCUT2D eigenvalue weighted by Gasteiger charge is 2.18. The second kappa shape index (κ2) is 7.43. The average molecular weight is 338 g/mol. The Hall–Kier alpha value is -0.160. The van der Waals surface area contributed by atoms with Crippen LogP contribution in [0.2, 0.25) is 0 Å². The molecule has 1 saturated heterocycles. The second-order valence-corrected chi connectivity index (χ2v) is 5.56. The van der Waals surface area contributed by atoms with Gasteiger partial charge in [0.25, 0.3) is 0 Å². The van der Waals surface area contributed by atoms with Gasteiger partial charge in [0.1, 0.15) is 5.82 Å². The molecule has 2 rings (SSSR count). The molecule has 0 saturated carbocycles. The van der Waals surface area contributed by atoms with E-state index in [1.165, 1.54) is 0 Å². The van der Waals surface area contributed by atoms with Crippen LogP contribution in [-0.2, 0) is 6.54 Å². The van der Waals surface area contributed by atoms with Crippen LogP contribution < -0.4 is 5.73 Å². The van der Waals surface area contributed by atoms with Crippen molar-refractivity contribution in [2.24, 2.45) is 11.7 Å². The van der Waals surface area contributed by atoms with E-state index < -0.39 is 0 Å². The van der Waals surface area contributed by atoms with Gasteiger partial charge in [-0.25, -0.2) is 4.39 Å². The molecule has 0 bridgehead atoms. The Kier molecular flexibility index (Phi) is 6.57. The van der Waals surface area contributed by atoms with E-state index in [-0.39, 0.29) is 18.2 Å². The molecule has 0 unspecified atom stereocenters. The SMILES string of the molecule is Cl.NCC1CCN(Cc2ccc(Br)c(F)c2)CC1. The van der Waals surface area contributed by atoms with Crippen LogP contribution in [-0.4, -0.2) is 24.5 Å². The lowest BCUT2D eigenvalue weighted by Gasteiger charge is -2.31. The topological polar surface area (TPSA) is 29.3 Å². The van der Waals surface area contributed by atoms with Gasteiger partial charge in [-0.05, 0) is 72.0 Å². The van der Waals surface area contributed by atoms with Crippen molar-refractivity contribution in [3.8, 4) is 0 Å². The predicted octanol–water partition coefficient (Wildman–Crippen LogP) is 3.18. The maximum absolute atomic E-state index is 13.4. The number of nitrogens with zero attached hydrogens (tertiary/aromatic N) is 1. The number of likely N-dealkylation sites (tertiary alicyclic amines) is 1. The third kappa shape index (κ3) is 4.19. The van der Waals surface area contributed by atoms with Crippen LogP contribution in [0.3, 0.4) is 0 Å². The molecule has 102 valence electrons. The van der Waals surface area contributed by atoms with Gasteiger partial charge < -0.3 is 5.73 Å². The summed E-state index contributed by atoms with van der Waals surface area (Å²) in [6, 6.07) is 5.36. The summed E-state index contributed by atoms with van der Waals surface area (Å²) in [6.45, 7) is 3.77. The number of hydrogen-bond acceptors (Lipinski definition) is 2. The fourth-order valence-corrected chi connectivity index (χ4v) is 2.52. The molecular formula is C13H19BrClFN2. The molecule has 0 spiro atoms. The summed E-state index contributed by atoms with van der Waals surface area (Å²) in [5.74, 6) is 0.493. The maximum Gasteiger partial charge on any atom is 0.137 e. The number of rotatable bonds is 3. The highest BCUT2D eigenvalue weighted by molar-refractivity contribution is 9.10. The van der Waals surface area contributed by atoms with Crippen molar-refractivity contribution in [1.29, 1.82) is 0 Å². The minimum Gasteiger partial charge on any atom is -0.330 e. The van der Waals surface area contributed by atoms with Crippen molar-refractivity contribution in [3.05, 3.63) is 34.1 Å². The molecule has 0 aromatic heterocycles. The van der Waals surface area contributed by atoms with Crippen molar-refractivity contribution in [2.45, 2.75) is 19.4 Å². The summed E-state index contributed by atoms with van der Waals surface area (Å²) in [6.07, 6.45) is 2.32. The second-order valence-electron chi connectivity index (χ2n) is 4.70. The number of hydrogen-bond donors (Lipinski definition) is 1. The zero-order chi connectivity index (χ0) is 12.3. The first-order valence-electron chi connectivity index (χ1n) is 6.05. The molecule has 1 aromatic rings. The van der Waals surface area contributed by atoms with Gasteiger partial charge in [0.05, 0.1) is 4.47 Å². The van der Waals surface area contributed by atoms with Gasteiger partial charge in [-0.15, -0.1) is 12.4 Å². The standard InChI is InChI=1S/C13H18BrFN2.ClH/c14-12-2-1-11(7-13(12)15)9-17-5-3-10(8-16)4-6-17;/h1-2,7,10H,3-6,8-9,16H2;1H. The van der Waals surface area contributed by atoms with Crippen LogP contribution in [0.15, 0.2) is 22.7 Å². The molecule has 1 aliphatic rings. The molecule has 18 heavy (non-hydrogen) atoms. The van der Waals surface area contributed by atoms with E-state index in [1.54, 1.807) is 12.1 Å². The Balaban J connectivity index is 0.00000162. The smallest absolute Gasteiger partial charge is 0.137 e. The van der Waals surface area contributed by atoms with Crippen LogP contribution in [0.25, 0.3) is 0 Å². The molecule has 1 fully saturated rings. The number of piperidine rings is 1. The van der Waals surface area contributed by atoms with Gasteiger partial charge in [0, 0.05) is 6.54 Å². The number of benzene rings is 1. The molecule has 0 radical (unpaired) electrons. The van der Waals surface area contributed by atoms with E-state index in [1.807, 2.05) is 6.07 Å². The predicted molar refractivity (Wildman–Crippen MR) is 78.4 cm³/mol. The molecule has 0 amide bonds. The average Bonchev–Trinajstić information content (AvgIpc) is 2.35. The zero-order valence-corrected chi connectivity index (χ0v) is 12.6. The van der Waals surface area contributed by atoms with Crippen molar-refractivity contribution >= 4 is 28.3 Å². The van der Waals surface area contributed by atoms with Gasteiger partial charge in [-0.2, -0.15) is 0 Å². The highest BCUT2D eigenvalue weighted by Crippen LogP contribution is 2.20. The lowest BCUT2D eigenvalue weighted by molar-refractivity contribution is 0.180. The first-order chi connectivity index (χ1) is 8.19. The summed E-state index contributed by atoms with van der Waals surface area (Å²) in [7, 11) is 0. The Morgan fingerprint density at radius 3 is 2.56 bits per heavy atom. The molecular weight excluding hydrogens is 319 g/mol. The molecule has 2 N–H and O–H groups in total. The van der Waals surface area contributed by atoms with Gasteiger partial charge in [-0.1, -0.05) is 6.07 Å². The van der Waals surface area contributed by atoms with Crippen LogP contribution in [0.1, 0.15) is 18.4 Å². The minimum absolute atomic E-state index is 0. The zero-order valence-electron chi connectivity index (χ0n) is 10.2. The Morgan fingerprint density at radius 1 is 1.33 bits per heavy atom. The maximum atomic E-state index is 13.4. The van der Waals surface area contributed by atoms with Crippen LogP contribution in [0.4, 0.5) is 4.39 Å². The van der Waals surface area contributed by atoms with Gasteiger partial charge in [0.15, 0.2) is 0 Å². The molecule has 1 aromatic carbocycles. The van der Waals surface area contributed by atoms with Crippen LogP contribution in [0, 0.1) is 11.7 Å². The summed E-state index contributed by atoms with van der Waals surface area (Å²) in [5, 5.41) is 0. The van der Waals surface area contributed by atoms with E-state index in [2.05, 4.69) is 20.8 Å². The summed E-state index contributed by atoms with van der Waals surface area (Å²) >= 11 is 3.17. The Bertz CT molecular complexity index is 381. The van der Waals surface area contributed by atoms with Gasteiger partial charge in [0.2, 0.25) is 0 Å². The van der Waals surface area contributed by atoms with Crippen molar-refractivity contribution in [2.75, 3.05) is 19.6 Å². The van der Waals surface area contributed by atoms with Crippen molar-refractivity contribution in [3.63, 3.8) is 0 Å². The largest absolute Gasteiger partial charge is 0.330 e. The molecule has 0 aliphatic carbocycles.